The summed E-state index contributed by atoms with van der Waals surface area (Å²) in [6.07, 6.45) is -8.02. The fourth-order valence-corrected chi connectivity index (χ4v) is 5.06. The standard InChI is InChI=1S/C31H31F6N3O3/c1-19(40(2)42-3)21-13-26(14-21)38-29(41)39-30(18-20-7-5-4-6-8-20,22-9-11-24(32)12-10-22)23-15-25(33)17-27(16-23)43-31(36,37)28(34)35/h4-12,15-17,21,26,28H,1,13-14,18H2,2-3H3,(H2,38,39,41)/t21?,26?,30-/m1/s1. The first-order chi connectivity index (χ1) is 20.3. The Bertz CT molecular complexity index is 1420. The van der Waals surface area contributed by atoms with Crippen LogP contribution in [-0.4, -0.2) is 43.8 Å². The van der Waals surface area contributed by atoms with Crippen LogP contribution in [0.25, 0.3) is 0 Å². The van der Waals surface area contributed by atoms with E-state index in [-0.39, 0.29) is 29.5 Å². The Morgan fingerprint density at radius 1 is 1.00 bits per heavy atom. The fourth-order valence-electron chi connectivity index (χ4n) is 5.06. The summed E-state index contributed by atoms with van der Waals surface area (Å²) in [5.41, 5.74) is -0.146. The fraction of sp³-hybridized carbons (Fsp3) is 0.323. The molecule has 2 N–H and O–H groups in total. The van der Waals surface area contributed by atoms with Crippen molar-refractivity contribution in [2.75, 3.05) is 14.2 Å². The predicted molar refractivity (Wildman–Crippen MR) is 147 cm³/mol. The Morgan fingerprint density at radius 3 is 2.26 bits per heavy atom. The first kappa shape index (κ1) is 31.7. The van der Waals surface area contributed by atoms with Crippen molar-refractivity contribution in [3.05, 3.63) is 113 Å². The van der Waals surface area contributed by atoms with Crippen molar-refractivity contribution >= 4 is 6.03 Å². The molecule has 3 aromatic rings. The van der Waals surface area contributed by atoms with Gasteiger partial charge in [0, 0.05) is 37.2 Å². The van der Waals surface area contributed by atoms with Crippen molar-refractivity contribution in [1.29, 1.82) is 0 Å². The molecule has 0 aliphatic heterocycles. The topological polar surface area (TPSA) is 62.8 Å². The van der Waals surface area contributed by atoms with Gasteiger partial charge in [-0.2, -0.15) is 17.6 Å². The number of carbonyl (C=O) groups is 1. The lowest BCUT2D eigenvalue weighted by Gasteiger charge is -2.41. The highest BCUT2D eigenvalue weighted by molar-refractivity contribution is 5.76. The van der Waals surface area contributed by atoms with Gasteiger partial charge in [0.05, 0.1) is 12.6 Å². The van der Waals surface area contributed by atoms with Crippen LogP contribution in [0.5, 0.6) is 5.75 Å². The van der Waals surface area contributed by atoms with Gasteiger partial charge in [-0.1, -0.05) is 49.0 Å². The number of hydrogen-bond donors (Lipinski definition) is 2. The van der Waals surface area contributed by atoms with Crippen LogP contribution in [0.1, 0.15) is 29.5 Å². The molecule has 1 aliphatic rings. The van der Waals surface area contributed by atoms with E-state index in [2.05, 4.69) is 21.9 Å². The molecule has 43 heavy (non-hydrogen) atoms. The minimum absolute atomic E-state index is 0.0518. The zero-order valence-corrected chi connectivity index (χ0v) is 23.4. The third-order valence-electron chi connectivity index (χ3n) is 7.47. The molecule has 0 unspecified atom stereocenters. The second-order valence-corrected chi connectivity index (χ2v) is 10.3. The SMILES string of the molecule is C=C(C1CC(NC(=O)N[C@](Cc2ccccc2)(c2ccc(F)cc2)c2cc(F)cc(OC(F)(F)C(F)F)c2)C1)N(C)OC. The van der Waals surface area contributed by atoms with E-state index in [0.29, 0.717) is 24.5 Å². The van der Waals surface area contributed by atoms with Crippen molar-refractivity contribution in [2.24, 2.45) is 5.92 Å². The monoisotopic (exact) mass is 607 g/mol. The Kier molecular flexibility index (Phi) is 9.59. The van der Waals surface area contributed by atoms with Crippen LogP contribution in [0.3, 0.4) is 0 Å². The van der Waals surface area contributed by atoms with E-state index in [0.717, 1.165) is 30.0 Å². The maximum atomic E-state index is 15.0. The quantitative estimate of drug-likeness (QED) is 0.176. The second-order valence-electron chi connectivity index (χ2n) is 10.3. The first-order valence-electron chi connectivity index (χ1n) is 13.3. The van der Waals surface area contributed by atoms with E-state index in [4.69, 9.17) is 4.84 Å². The van der Waals surface area contributed by atoms with Crippen LogP contribution >= 0.6 is 0 Å². The molecule has 0 aromatic heterocycles. The number of nitrogens with zero attached hydrogens (tertiary/aromatic N) is 1. The van der Waals surface area contributed by atoms with Crippen LogP contribution in [0.4, 0.5) is 31.1 Å². The third kappa shape index (κ3) is 7.42. The van der Waals surface area contributed by atoms with Crippen molar-refractivity contribution in [3.8, 4) is 5.75 Å². The van der Waals surface area contributed by atoms with Gasteiger partial charge in [-0.05, 0) is 53.8 Å². The molecule has 12 heteroatoms. The van der Waals surface area contributed by atoms with Crippen LogP contribution in [-0.2, 0) is 16.8 Å². The lowest BCUT2D eigenvalue weighted by atomic mass is 9.77. The van der Waals surface area contributed by atoms with E-state index in [1.54, 1.807) is 37.4 Å². The minimum Gasteiger partial charge on any atom is -0.428 e. The van der Waals surface area contributed by atoms with Crippen LogP contribution in [0.15, 0.2) is 85.1 Å². The normalized spacial score (nSPS) is 17.9. The molecule has 1 fully saturated rings. The van der Waals surface area contributed by atoms with Crippen molar-refractivity contribution in [1.82, 2.24) is 15.7 Å². The number of nitrogens with one attached hydrogen (secondary N) is 2. The molecule has 1 atom stereocenters. The Morgan fingerprint density at radius 2 is 1.65 bits per heavy atom. The molecule has 4 rings (SSSR count). The van der Waals surface area contributed by atoms with E-state index >= 15 is 0 Å². The van der Waals surface area contributed by atoms with Gasteiger partial charge in [0.25, 0.3) is 0 Å². The molecular weight excluding hydrogens is 576 g/mol. The number of rotatable bonds is 12. The number of amides is 2. The Hall–Kier alpha value is -4.19. The van der Waals surface area contributed by atoms with Gasteiger partial charge in [-0.3, -0.25) is 9.90 Å². The molecule has 6 nitrogen and oxygen atoms in total. The van der Waals surface area contributed by atoms with Gasteiger partial charge >= 0.3 is 18.6 Å². The second kappa shape index (κ2) is 13.0. The molecule has 1 saturated carbocycles. The Balaban J connectivity index is 1.74. The lowest BCUT2D eigenvalue weighted by Crippen LogP contribution is -2.56. The van der Waals surface area contributed by atoms with Crippen LogP contribution in [0.2, 0.25) is 0 Å². The number of alkyl halides is 4. The van der Waals surface area contributed by atoms with Crippen molar-refractivity contribution in [2.45, 2.75) is 43.4 Å². The lowest BCUT2D eigenvalue weighted by molar-refractivity contribution is -0.253. The van der Waals surface area contributed by atoms with E-state index in [1.807, 2.05) is 0 Å². The molecule has 1 aliphatic carbocycles. The first-order valence-corrected chi connectivity index (χ1v) is 13.3. The highest BCUT2D eigenvalue weighted by Gasteiger charge is 2.45. The minimum atomic E-state index is -4.91. The number of carbonyl (C=O) groups excluding carboxylic acids is 1. The van der Waals surface area contributed by atoms with Crippen LogP contribution < -0.4 is 15.4 Å². The summed E-state index contributed by atoms with van der Waals surface area (Å²) in [5.74, 6) is -2.50. The van der Waals surface area contributed by atoms with Gasteiger partial charge < -0.3 is 15.4 Å². The molecule has 0 saturated heterocycles. The predicted octanol–water partition coefficient (Wildman–Crippen LogP) is 6.77. The molecular formula is C31H31F6N3O3. The molecule has 0 radical (unpaired) electrons. The average Bonchev–Trinajstić information content (AvgIpc) is 2.93. The largest absolute Gasteiger partial charge is 0.461 e. The van der Waals surface area contributed by atoms with Crippen molar-refractivity contribution < 1.29 is 40.7 Å². The maximum Gasteiger partial charge on any atom is 0.461 e. The molecule has 0 spiro atoms. The summed E-state index contributed by atoms with van der Waals surface area (Å²) < 4.78 is 86.7. The van der Waals surface area contributed by atoms with Gasteiger partial charge in [-0.15, -0.1) is 0 Å². The molecule has 2 amide bonds. The van der Waals surface area contributed by atoms with E-state index in [1.165, 1.54) is 24.3 Å². The number of halogens is 6. The van der Waals surface area contributed by atoms with Gasteiger partial charge in [0.15, 0.2) is 0 Å². The van der Waals surface area contributed by atoms with E-state index < -0.39 is 41.5 Å². The Labute approximate surface area is 245 Å². The zero-order valence-electron chi connectivity index (χ0n) is 23.4. The summed E-state index contributed by atoms with van der Waals surface area (Å²) in [6.45, 7) is 4.00. The zero-order chi connectivity index (χ0) is 31.4. The summed E-state index contributed by atoms with van der Waals surface area (Å²) >= 11 is 0. The average molecular weight is 608 g/mol. The number of hydroxylamine groups is 2. The van der Waals surface area contributed by atoms with E-state index in [9.17, 15) is 31.1 Å². The summed E-state index contributed by atoms with van der Waals surface area (Å²) in [7, 11) is 3.22. The van der Waals surface area contributed by atoms with Gasteiger partial charge in [-0.25, -0.2) is 13.6 Å². The molecule has 3 aromatic carbocycles. The van der Waals surface area contributed by atoms with Gasteiger partial charge in [0.2, 0.25) is 0 Å². The van der Waals surface area contributed by atoms with Gasteiger partial charge in [0.1, 0.15) is 17.4 Å². The smallest absolute Gasteiger partial charge is 0.428 e. The molecule has 230 valence electrons. The highest BCUT2D eigenvalue weighted by Crippen LogP contribution is 2.39. The van der Waals surface area contributed by atoms with Crippen LogP contribution in [0, 0.1) is 17.6 Å². The third-order valence-corrected chi connectivity index (χ3v) is 7.47. The molecule has 0 bridgehead atoms. The number of urea groups is 1. The number of benzene rings is 3. The number of hydrogen-bond acceptors (Lipinski definition) is 4. The maximum absolute atomic E-state index is 15.0. The summed E-state index contributed by atoms with van der Waals surface area (Å²) in [4.78, 5) is 18.7. The number of allylic oxidation sites excluding steroid dienone is 1. The molecule has 0 heterocycles. The van der Waals surface area contributed by atoms with Crippen molar-refractivity contribution in [3.63, 3.8) is 0 Å². The number of ether oxygens (including phenoxy) is 1. The summed E-state index contributed by atoms with van der Waals surface area (Å²) in [5, 5.41) is 7.25. The summed E-state index contributed by atoms with van der Waals surface area (Å²) in [6, 6.07) is 15.2. The highest BCUT2D eigenvalue weighted by atomic mass is 19.3.